The van der Waals surface area contributed by atoms with Crippen LogP contribution < -0.4 is 4.74 Å². The van der Waals surface area contributed by atoms with E-state index >= 15 is 0 Å². The number of methoxy groups -OCH3 is 1. The number of aliphatic hydroxyl groups is 1. The normalized spacial score (nSPS) is 12.4. The number of hydrogen-bond donors (Lipinski definition) is 2. The molecule has 0 bridgehead atoms. The number of para-hydroxylation sites is 1. The molecule has 100 valence electrons. The van der Waals surface area contributed by atoms with Crippen LogP contribution in [0.4, 0.5) is 0 Å². The number of aliphatic carboxylic acids is 1. The van der Waals surface area contributed by atoms with Gasteiger partial charge in [-0.2, -0.15) is 0 Å². The lowest BCUT2D eigenvalue weighted by Crippen LogP contribution is -2.36. The van der Waals surface area contributed by atoms with Gasteiger partial charge >= 0.3 is 5.97 Å². The highest BCUT2D eigenvalue weighted by atomic mass is 16.5. The second kappa shape index (κ2) is 6.98. The van der Waals surface area contributed by atoms with Gasteiger partial charge < -0.3 is 14.9 Å². The van der Waals surface area contributed by atoms with E-state index in [-0.39, 0.29) is 6.61 Å². The highest BCUT2D eigenvalue weighted by molar-refractivity contribution is 5.76. The van der Waals surface area contributed by atoms with Crippen molar-refractivity contribution in [1.29, 1.82) is 0 Å². The molecule has 1 unspecified atom stereocenters. The van der Waals surface area contributed by atoms with Gasteiger partial charge in [-0.1, -0.05) is 25.1 Å². The van der Waals surface area contributed by atoms with Crippen molar-refractivity contribution in [3.8, 4) is 5.75 Å². The predicted octanol–water partition coefficient (Wildman–Crippen LogP) is 1.14. The zero-order chi connectivity index (χ0) is 13.5. The smallest absolute Gasteiger partial charge is 0.325 e. The molecule has 0 aromatic heterocycles. The third kappa shape index (κ3) is 3.21. The molecule has 0 aliphatic heterocycles. The summed E-state index contributed by atoms with van der Waals surface area (Å²) in [6, 6.07) is 6.23. The Hall–Kier alpha value is -1.59. The van der Waals surface area contributed by atoms with Gasteiger partial charge in [-0.3, -0.25) is 9.69 Å². The Morgan fingerprint density at radius 2 is 2.11 bits per heavy atom. The average Bonchev–Trinajstić information content (AvgIpc) is 2.38. The Morgan fingerprint density at radius 3 is 2.61 bits per heavy atom. The van der Waals surface area contributed by atoms with Crippen LogP contribution in [0.1, 0.15) is 18.5 Å². The maximum atomic E-state index is 11.5. The molecule has 0 radical (unpaired) electrons. The van der Waals surface area contributed by atoms with E-state index < -0.39 is 12.0 Å². The van der Waals surface area contributed by atoms with E-state index in [0.29, 0.717) is 24.4 Å². The molecule has 0 aliphatic rings. The van der Waals surface area contributed by atoms with Crippen LogP contribution >= 0.6 is 0 Å². The van der Waals surface area contributed by atoms with Crippen molar-refractivity contribution in [3.05, 3.63) is 29.8 Å². The first kappa shape index (κ1) is 14.5. The van der Waals surface area contributed by atoms with E-state index in [9.17, 15) is 9.90 Å². The summed E-state index contributed by atoms with van der Waals surface area (Å²) >= 11 is 0. The number of aliphatic hydroxyl groups excluding tert-OH is 1. The zero-order valence-corrected chi connectivity index (χ0v) is 10.7. The van der Waals surface area contributed by atoms with Crippen LogP contribution in [-0.4, -0.2) is 47.9 Å². The van der Waals surface area contributed by atoms with Crippen LogP contribution in [0.25, 0.3) is 0 Å². The predicted molar refractivity (Wildman–Crippen MR) is 67.7 cm³/mol. The summed E-state index contributed by atoms with van der Waals surface area (Å²) in [6.07, 6.45) is 0. The average molecular weight is 253 g/mol. The number of carboxylic acids is 1. The third-order valence-electron chi connectivity index (χ3n) is 2.83. The topological polar surface area (TPSA) is 70.0 Å². The lowest BCUT2D eigenvalue weighted by molar-refractivity contribution is -0.143. The number of benzene rings is 1. The molecular weight excluding hydrogens is 234 g/mol. The second-order valence-electron chi connectivity index (χ2n) is 3.83. The van der Waals surface area contributed by atoms with Crippen molar-refractivity contribution in [2.45, 2.75) is 13.0 Å². The Labute approximate surface area is 107 Å². The fraction of sp³-hybridized carbons (Fsp3) is 0.462. The molecular formula is C13H19NO4. The standard InChI is InChI=1S/C13H19NO4/c1-3-14(8-9-15)12(13(16)17)10-6-4-5-7-11(10)18-2/h4-7,12,15H,3,8-9H2,1-2H3,(H,16,17). The Balaban J connectivity index is 3.14. The van der Waals surface area contributed by atoms with Crippen LogP contribution in [0.5, 0.6) is 5.75 Å². The zero-order valence-electron chi connectivity index (χ0n) is 10.7. The summed E-state index contributed by atoms with van der Waals surface area (Å²) in [6.45, 7) is 2.63. The number of rotatable bonds is 7. The van der Waals surface area contributed by atoms with Gasteiger partial charge in [0.05, 0.1) is 13.7 Å². The Bertz CT molecular complexity index is 394. The van der Waals surface area contributed by atoms with Crippen LogP contribution in [-0.2, 0) is 4.79 Å². The minimum absolute atomic E-state index is 0.0766. The maximum absolute atomic E-state index is 11.5. The first-order valence-electron chi connectivity index (χ1n) is 5.86. The minimum atomic E-state index is -0.949. The first-order chi connectivity index (χ1) is 8.65. The largest absolute Gasteiger partial charge is 0.496 e. The van der Waals surface area contributed by atoms with Gasteiger partial charge in [0.1, 0.15) is 11.8 Å². The third-order valence-corrected chi connectivity index (χ3v) is 2.83. The molecule has 1 aromatic rings. The van der Waals surface area contributed by atoms with Gasteiger partial charge in [0, 0.05) is 12.1 Å². The molecule has 1 rings (SSSR count). The highest BCUT2D eigenvalue weighted by Gasteiger charge is 2.28. The quantitative estimate of drug-likeness (QED) is 0.762. The molecule has 5 nitrogen and oxygen atoms in total. The van der Waals surface area contributed by atoms with E-state index in [1.54, 1.807) is 29.2 Å². The fourth-order valence-corrected chi connectivity index (χ4v) is 1.98. The molecule has 1 atom stereocenters. The molecule has 0 saturated carbocycles. The monoisotopic (exact) mass is 253 g/mol. The van der Waals surface area contributed by atoms with Crippen molar-refractivity contribution < 1.29 is 19.7 Å². The fourth-order valence-electron chi connectivity index (χ4n) is 1.98. The maximum Gasteiger partial charge on any atom is 0.325 e. The number of likely N-dealkylation sites (N-methyl/N-ethyl adjacent to an activating group) is 1. The lowest BCUT2D eigenvalue weighted by atomic mass is 10.0. The summed E-state index contributed by atoms with van der Waals surface area (Å²) in [7, 11) is 1.51. The van der Waals surface area contributed by atoms with Crippen LogP contribution in [0, 0.1) is 0 Å². The second-order valence-corrected chi connectivity index (χ2v) is 3.83. The minimum Gasteiger partial charge on any atom is -0.496 e. The van der Waals surface area contributed by atoms with E-state index in [1.807, 2.05) is 6.92 Å². The lowest BCUT2D eigenvalue weighted by Gasteiger charge is -2.28. The molecule has 0 heterocycles. The van der Waals surface area contributed by atoms with Crippen LogP contribution in [0.3, 0.4) is 0 Å². The molecule has 18 heavy (non-hydrogen) atoms. The van der Waals surface area contributed by atoms with Gasteiger partial charge in [0.2, 0.25) is 0 Å². The Kier molecular flexibility index (Phi) is 5.61. The van der Waals surface area contributed by atoms with Crippen LogP contribution in [0.15, 0.2) is 24.3 Å². The Morgan fingerprint density at radius 1 is 1.44 bits per heavy atom. The number of nitrogens with zero attached hydrogens (tertiary/aromatic N) is 1. The molecule has 0 fully saturated rings. The molecule has 0 aliphatic carbocycles. The number of carbonyl (C=O) groups is 1. The van der Waals surface area contributed by atoms with Crippen molar-refractivity contribution in [3.63, 3.8) is 0 Å². The van der Waals surface area contributed by atoms with Crippen LogP contribution in [0.2, 0.25) is 0 Å². The van der Waals surface area contributed by atoms with E-state index in [0.717, 1.165) is 0 Å². The molecule has 5 heteroatoms. The van der Waals surface area contributed by atoms with Gasteiger partial charge in [-0.25, -0.2) is 0 Å². The van der Waals surface area contributed by atoms with E-state index in [2.05, 4.69) is 0 Å². The van der Waals surface area contributed by atoms with Gasteiger partial charge in [0.25, 0.3) is 0 Å². The summed E-state index contributed by atoms with van der Waals surface area (Å²) in [5.74, 6) is -0.406. The van der Waals surface area contributed by atoms with Gasteiger partial charge in [0.15, 0.2) is 0 Å². The molecule has 1 aromatic carbocycles. The summed E-state index contributed by atoms with van der Waals surface area (Å²) in [4.78, 5) is 13.2. The first-order valence-corrected chi connectivity index (χ1v) is 5.86. The van der Waals surface area contributed by atoms with Crippen molar-refractivity contribution >= 4 is 5.97 Å². The summed E-state index contributed by atoms with van der Waals surface area (Å²) in [5.41, 5.74) is 0.600. The number of ether oxygens (including phenoxy) is 1. The summed E-state index contributed by atoms with van der Waals surface area (Å²) < 4.78 is 5.20. The molecule has 0 saturated heterocycles. The van der Waals surface area contributed by atoms with Crippen molar-refractivity contribution in [2.75, 3.05) is 26.8 Å². The molecule has 0 spiro atoms. The van der Waals surface area contributed by atoms with Crippen molar-refractivity contribution in [2.24, 2.45) is 0 Å². The van der Waals surface area contributed by atoms with Gasteiger partial charge in [-0.05, 0) is 12.6 Å². The SMILES string of the molecule is CCN(CCO)C(C(=O)O)c1ccccc1OC. The van der Waals surface area contributed by atoms with E-state index in [4.69, 9.17) is 9.84 Å². The van der Waals surface area contributed by atoms with E-state index in [1.165, 1.54) is 7.11 Å². The highest BCUT2D eigenvalue weighted by Crippen LogP contribution is 2.29. The number of carboxylic acid groups (broad SMARTS) is 1. The summed E-state index contributed by atoms with van der Waals surface area (Å²) in [5, 5.41) is 18.4. The van der Waals surface area contributed by atoms with Crippen molar-refractivity contribution in [1.82, 2.24) is 4.90 Å². The molecule has 0 amide bonds. The molecule has 2 N–H and O–H groups in total. The van der Waals surface area contributed by atoms with Gasteiger partial charge in [-0.15, -0.1) is 0 Å². The number of hydrogen-bond acceptors (Lipinski definition) is 4.